The fourth-order valence-corrected chi connectivity index (χ4v) is 1.63. The molecule has 1 heterocycles. The van der Waals surface area contributed by atoms with E-state index in [1.54, 1.807) is 6.26 Å². The van der Waals surface area contributed by atoms with Crippen molar-refractivity contribution in [3.05, 3.63) is 36.1 Å². The van der Waals surface area contributed by atoms with Crippen LogP contribution in [0.4, 0.5) is 0 Å². The van der Waals surface area contributed by atoms with E-state index in [0.29, 0.717) is 6.42 Å². The van der Waals surface area contributed by atoms with Gasteiger partial charge in [-0.1, -0.05) is 6.07 Å². The third-order valence-corrected chi connectivity index (χ3v) is 2.15. The van der Waals surface area contributed by atoms with Gasteiger partial charge in [0.15, 0.2) is 0 Å². The minimum absolute atomic E-state index is 0.655. The second kappa shape index (κ2) is 3.14. The van der Waals surface area contributed by atoms with E-state index in [-0.39, 0.29) is 0 Å². The molecule has 0 fully saturated rings. The number of hydrogen-bond donors (Lipinski definition) is 1. The van der Waals surface area contributed by atoms with E-state index in [2.05, 4.69) is 6.07 Å². The van der Waals surface area contributed by atoms with Crippen LogP contribution in [0.5, 0.6) is 0 Å². The van der Waals surface area contributed by atoms with Crippen molar-refractivity contribution < 1.29 is 9.52 Å². The molecule has 2 rings (SSSR count). The Labute approximate surface area is 83.2 Å². The Hall–Kier alpha value is -1.28. The van der Waals surface area contributed by atoms with Gasteiger partial charge in [0.1, 0.15) is 5.58 Å². The van der Waals surface area contributed by atoms with E-state index in [4.69, 9.17) is 4.42 Å². The average Bonchev–Trinajstić information content (AvgIpc) is 2.47. The van der Waals surface area contributed by atoms with E-state index in [1.807, 2.05) is 32.0 Å². The highest BCUT2D eigenvalue weighted by molar-refractivity contribution is 5.77. The van der Waals surface area contributed by atoms with Crippen LogP contribution < -0.4 is 0 Å². The Bertz CT molecular complexity index is 435. The third-order valence-electron chi connectivity index (χ3n) is 2.15. The molecular formula is C12H14O2. The summed E-state index contributed by atoms with van der Waals surface area (Å²) in [5, 5.41) is 10.8. The molecule has 14 heavy (non-hydrogen) atoms. The summed E-state index contributed by atoms with van der Waals surface area (Å²) in [7, 11) is 0. The molecule has 1 N–H and O–H groups in total. The van der Waals surface area contributed by atoms with Crippen molar-refractivity contribution in [3.63, 3.8) is 0 Å². The first-order valence-electron chi connectivity index (χ1n) is 4.73. The zero-order chi connectivity index (χ0) is 10.2. The van der Waals surface area contributed by atoms with Crippen molar-refractivity contribution >= 4 is 11.0 Å². The summed E-state index contributed by atoms with van der Waals surface area (Å²) in [4.78, 5) is 0. The molecule has 0 amide bonds. The van der Waals surface area contributed by atoms with Crippen molar-refractivity contribution in [3.8, 4) is 0 Å². The Morgan fingerprint density at radius 1 is 1.29 bits per heavy atom. The average molecular weight is 190 g/mol. The molecule has 0 aliphatic carbocycles. The van der Waals surface area contributed by atoms with Crippen LogP contribution in [0.1, 0.15) is 19.4 Å². The predicted molar refractivity (Wildman–Crippen MR) is 56.2 cm³/mol. The second-order valence-electron chi connectivity index (χ2n) is 4.28. The standard InChI is InChI=1S/C12H14O2/c1-12(2,13)8-9-3-4-11-10(7-9)5-6-14-11/h3-7,13H,8H2,1-2H3. The second-order valence-corrected chi connectivity index (χ2v) is 4.28. The van der Waals surface area contributed by atoms with E-state index >= 15 is 0 Å². The Balaban J connectivity index is 2.35. The molecule has 2 aromatic rings. The number of hydrogen-bond acceptors (Lipinski definition) is 2. The summed E-state index contributed by atoms with van der Waals surface area (Å²) in [6, 6.07) is 7.92. The fraction of sp³-hybridized carbons (Fsp3) is 0.333. The van der Waals surface area contributed by atoms with Gasteiger partial charge < -0.3 is 9.52 Å². The minimum atomic E-state index is -0.655. The van der Waals surface area contributed by atoms with Crippen LogP contribution in [-0.4, -0.2) is 10.7 Å². The van der Waals surface area contributed by atoms with Gasteiger partial charge >= 0.3 is 0 Å². The highest BCUT2D eigenvalue weighted by Crippen LogP contribution is 2.19. The quantitative estimate of drug-likeness (QED) is 0.789. The molecule has 2 nitrogen and oxygen atoms in total. The molecule has 2 heteroatoms. The molecule has 1 aromatic heterocycles. The van der Waals surface area contributed by atoms with Crippen molar-refractivity contribution in [2.75, 3.05) is 0 Å². The van der Waals surface area contributed by atoms with Gasteiger partial charge in [0, 0.05) is 11.8 Å². The Kier molecular flexibility index (Phi) is 2.08. The summed E-state index contributed by atoms with van der Waals surface area (Å²) in [5.74, 6) is 0. The number of furan rings is 1. The van der Waals surface area contributed by atoms with Crippen LogP contribution >= 0.6 is 0 Å². The van der Waals surface area contributed by atoms with Gasteiger partial charge in [0.2, 0.25) is 0 Å². The Morgan fingerprint density at radius 2 is 2.07 bits per heavy atom. The first-order valence-corrected chi connectivity index (χ1v) is 4.73. The van der Waals surface area contributed by atoms with E-state index in [1.165, 1.54) is 0 Å². The maximum Gasteiger partial charge on any atom is 0.133 e. The molecule has 74 valence electrons. The normalized spacial score (nSPS) is 12.2. The molecule has 0 saturated heterocycles. The van der Waals surface area contributed by atoms with Gasteiger partial charge in [-0.2, -0.15) is 0 Å². The molecular weight excluding hydrogens is 176 g/mol. The lowest BCUT2D eigenvalue weighted by Gasteiger charge is -2.16. The molecule has 0 saturated carbocycles. The lowest BCUT2D eigenvalue weighted by atomic mass is 9.98. The van der Waals surface area contributed by atoms with Gasteiger partial charge in [-0.25, -0.2) is 0 Å². The summed E-state index contributed by atoms with van der Waals surface area (Å²) < 4.78 is 5.24. The molecule has 0 aliphatic rings. The van der Waals surface area contributed by atoms with Gasteiger partial charge in [0.05, 0.1) is 11.9 Å². The first-order chi connectivity index (χ1) is 6.54. The number of fused-ring (bicyclic) bond motifs is 1. The topological polar surface area (TPSA) is 33.4 Å². The fourth-order valence-electron chi connectivity index (χ4n) is 1.63. The number of benzene rings is 1. The highest BCUT2D eigenvalue weighted by atomic mass is 16.3. The van der Waals surface area contributed by atoms with E-state index in [0.717, 1.165) is 16.5 Å². The van der Waals surface area contributed by atoms with Gasteiger partial charge in [-0.15, -0.1) is 0 Å². The van der Waals surface area contributed by atoms with Crippen molar-refractivity contribution in [2.24, 2.45) is 0 Å². The van der Waals surface area contributed by atoms with E-state index < -0.39 is 5.60 Å². The lowest BCUT2D eigenvalue weighted by Crippen LogP contribution is -2.21. The molecule has 0 atom stereocenters. The third kappa shape index (κ3) is 1.96. The zero-order valence-corrected chi connectivity index (χ0v) is 8.45. The van der Waals surface area contributed by atoms with E-state index in [9.17, 15) is 5.11 Å². The van der Waals surface area contributed by atoms with Gasteiger partial charge in [-0.05, 0) is 37.6 Å². The van der Waals surface area contributed by atoms with Crippen LogP contribution in [0.25, 0.3) is 11.0 Å². The van der Waals surface area contributed by atoms with Crippen LogP contribution in [0.2, 0.25) is 0 Å². The predicted octanol–water partition coefficient (Wildman–Crippen LogP) is 2.75. The monoisotopic (exact) mass is 190 g/mol. The Morgan fingerprint density at radius 3 is 2.79 bits per heavy atom. The smallest absolute Gasteiger partial charge is 0.133 e. The molecule has 0 radical (unpaired) electrons. The van der Waals surface area contributed by atoms with Crippen LogP contribution in [-0.2, 0) is 6.42 Å². The van der Waals surface area contributed by atoms with Crippen molar-refractivity contribution in [1.29, 1.82) is 0 Å². The lowest BCUT2D eigenvalue weighted by molar-refractivity contribution is 0.0810. The molecule has 0 unspecified atom stereocenters. The SMILES string of the molecule is CC(C)(O)Cc1ccc2occc2c1. The van der Waals surface area contributed by atoms with Gasteiger partial charge in [0.25, 0.3) is 0 Å². The van der Waals surface area contributed by atoms with Gasteiger partial charge in [-0.3, -0.25) is 0 Å². The first kappa shape index (κ1) is 9.28. The maximum absolute atomic E-state index is 9.67. The maximum atomic E-state index is 9.67. The van der Waals surface area contributed by atoms with Crippen molar-refractivity contribution in [2.45, 2.75) is 25.9 Å². The van der Waals surface area contributed by atoms with Crippen LogP contribution in [0, 0.1) is 0 Å². The number of aliphatic hydroxyl groups is 1. The molecule has 1 aromatic carbocycles. The highest BCUT2D eigenvalue weighted by Gasteiger charge is 2.13. The number of rotatable bonds is 2. The molecule has 0 spiro atoms. The van der Waals surface area contributed by atoms with Crippen LogP contribution in [0.3, 0.4) is 0 Å². The largest absolute Gasteiger partial charge is 0.464 e. The molecule has 0 bridgehead atoms. The molecule has 0 aliphatic heterocycles. The van der Waals surface area contributed by atoms with Crippen molar-refractivity contribution in [1.82, 2.24) is 0 Å². The minimum Gasteiger partial charge on any atom is -0.464 e. The summed E-state index contributed by atoms with van der Waals surface area (Å²) in [5.41, 5.74) is 1.37. The summed E-state index contributed by atoms with van der Waals surface area (Å²) in [6.45, 7) is 3.62. The summed E-state index contributed by atoms with van der Waals surface area (Å²) >= 11 is 0. The van der Waals surface area contributed by atoms with Crippen LogP contribution in [0.15, 0.2) is 34.9 Å². The zero-order valence-electron chi connectivity index (χ0n) is 8.45. The summed E-state index contributed by atoms with van der Waals surface area (Å²) in [6.07, 6.45) is 2.34.